The second-order valence-corrected chi connectivity index (χ2v) is 7.21. The minimum absolute atomic E-state index is 0.347. The maximum atomic E-state index is 12.6. The third-order valence-electron chi connectivity index (χ3n) is 4.27. The molecule has 2 aliphatic rings. The first-order valence-electron chi connectivity index (χ1n) is 8.09. The number of pyridine rings is 1. The lowest BCUT2D eigenvalue weighted by atomic mass is 10.0. The van der Waals surface area contributed by atoms with Crippen LogP contribution in [-0.4, -0.2) is 27.2 Å². The Morgan fingerprint density at radius 1 is 1.22 bits per heavy atom. The van der Waals surface area contributed by atoms with Crippen molar-refractivity contribution >= 4 is 38.9 Å². The average molecular weight is 442 g/mol. The first-order chi connectivity index (χ1) is 13.1. The number of fused-ring (bicyclic) bond motifs is 1. The van der Waals surface area contributed by atoms with Gasteiger partial charge < -0.3 is 5.21 Å². The van der Waals surface area contributed by atoms with Crippen LogP contribution < -0.4 is 0 Å². The molecule has 3 heterocycles. The largest absolute Gasteiger partial charge is 0.765 e. The zero-order chi connectivity index (χ0) is 19.0. The van der Waals surface area contributed by atoms with Gasteiger partial charge in [-0.25, -0.2) is 4.99 Å². The lowest BCUT2D eigenvalue weighted by Gasteiger charge is -2.37. The van der Waals surface area contributed by atoms with E-state index in [0.29, 0.717) is 28.5 Å². The van der Waals surface area contributed by atoms with Crippen molar-refractivity contribution in [1.82, 2.24) is 15.2 Å². The van der Waals surface area contributed by atoms with E-state index >= 15 is 0 Å². The Kier molecular flexibility index (Phi) is 4.81. The lowest BCUT2D eigenvalue weighted by Crippen LogP contribution is -2.39. The predicted molar refractivity (Wildman–Crippen MR) is 107 cm³/mol. The Labute approximate surface area is 169 Å². The van der Waals surface area contributed by atoms with Crippen LogP contribution in [0.3, 0.4) is 0 Å². The van der Waals surface area contributed by atoms with E-state index in [1.165, 1.54) is 11.2 Å². The number of benzene rings is 1. The Morgan fingerprint density at radius 2 is 2.00 bits per heavy atom. The highest BCUT2D eigenvalue weighted by atomic mass is 79.9. The second kappa shape index (κ2) is 7.25. The first-order valence-corrected chi connectivity index (χ1v) is 9.26. The summed E-state index contributed by atoms with van der Waals surface area (Å²) in [7, 11) is 0. The molecule has 0 N–H and O–H groups in total. The topological polar surface area (TPSA) is 78.6 Å². The molecule has 6 nitrogen and oxygen atoms in total. The van der Waals surface area contributed by atoms with Gasteiger partial charge in [-0.05, 0) is 51.8 Å². The molecule has 4 rings (SSSR count). The second-order valence-electron chi connectivity index (χ2n) is 5.98. The van der Waals surface area contributed by atoms with E-state index in [4.69, 9.17) is 16.9 Å². The summed E-state index contributed by atoms with van der Waals surface area (Å²) in [5.41, 5.74) is 3.08. The maximum Gasteiger partial charge on any atom is 0.158 e. The van der Waals surface area contributed by atoms with Crippen molar-refractivity contribution in [3.63, 3.8) is 0 Å². The molecule has 27 heavy (non-hydrogen) atoms. The molecule has 8 heteroatoms. The lowest BCUT2D eigenvalue weighted by molar-refractivity contribution is 0.133. The van der Waals surface area contributed by atoms with Gasteiger partial charge in [0.1, 0.15) is 12.2 Å². The molecular weight excluding hydrogens is 430 g/mol. The number of rotatable bonds is 3. The van der Waals surface area contributed by atoms with E-state index in [9.17, 15) is 5.21 Å². The highest BCUT2D eigenvalue weighted by Crippen LogP contribution is 2.35. The number of aliphatic imine (C=N–C) groups is 1. The van der Waals surface area contributed by atoms with Gasteiger partial charge in [-0.2, -0.15) is 5.26 Å². The number of amidine groups is 1. The Morgan fingerprint density at radius 3 is 2.67 bits per heavy atom. The van der Waals surface area contributed by atoms with Crippen LogP contribution in [0, 0.1) is 16.5 Å². The number of nitriles is 1. The average Bonchev–Trinajstić information content (AvgIpc) is 3.00. The van der Waals surface area contributed by atoms with Gasteiger partial charge in [0.05, 0.1) is 10.0 Å². The number of aromatic nitrogens is 1. The van der Waals surface area contributed by atoms with Gasteiger partial charge in [-0.1, -0.05) is 23.7 Å². The standard InChI is InChI=1S/C19H12BrClN5O/c20-18-16(13-2-4-14(21)5-3-13)7-8-25-19(18)24-17(26(25)27)9-15-6-1-12(10-22)11-23-15/h1-8,11,17H,9H2/q-1. The number of hydrogen-bond acceptors (Lipinski definition) is 6. The molecule has 1 aromatic carbocycles. The van der Waals surface area contributed by atoms with Gasteiger partial charge in [0.2, 0.25) is 0 Å². The van der Waals surface area contributed by atoms with Crippen molar-refractivity contribution in [3.8, 4) is 6.07 Å². The zero-order valence-electron chi connectivity index (χ0n) is 13.9. The molecule has 0 radical (unpaired) electrons. The van der Waals surface area contributed by atoms with E-state index in [1.54, 1.807) is 18.3 Å². The summed E-state index contributed by atoms with van der Waals surface area (Å²) in [6.45, 7) is 0. The van der Waals surface area contributed by atoms with Crippen LogP contribution in [0.1, 0.15) is 16.8 Å². The van der Waals surface area contributed by atoms with E-state index in [-0.39, 0.29) is 0 Å². The number of nitrogens with zero attached hydrogens (tertiary/aromatic N) is 5. The van der Waals surface area contributed by atoms with Crippen LogP contribution in [0.2, 0.25) is 5.02 Å². The molecule has 1 atom stereocenters. The quantitative estimate of drug-likeness (QED) is 0.712. The predicted octanol–water partition coefficient (Wildman–Crippen LogP) is 4.24. The minimum Gasteiger partial charge on any atom is -0.765 e. The monoisotopic (exact) mass is 440 g/mol. The third kappa shape index (κ3) is 3.40. The Hall–Kier alpha value is -2.50. The molecule has 0 spiro atoms. The van der Waals surface area contributed by atoms with Crippen molar-refractivity contribution in [1.29, 1.82) is 5.26 Å². The van der Waals surface area contributed by atoms with Gasteiger partial charge in [0.15, 0.2) is 5.84 Å². The summed E-state index contributed by atoms with van der Waals surface area (Å²) in [5.74, 6) is 0.552. The normalized spacial score (nSPS) is 19.1. The van der Waals surface area contributed by atoms with E-state index < -0.39 is 6.17 Å². The molecule has 1 unspecified atom stereocenters. The number of hydrogen-bond donors (Lipinski definition) is 0. The number of hydrazine groups is 1. The molecule has 134 valence electrons. The number of allylic oxidation sites excluding steroid dienone is 2. The smallest absolute Gasteiger partial charge is 0.158 e. The van der Waals surface area contributed by atoms with Crippen molar-refractivity contribution in [3.05, 3.63) is 86.4 Å². The van der Waals surface area contributed by atoms with Crippen LogP contribution >= 0.6 is 27.5 Å². The molecular formula is C19H12BrClN5O-. The molecule has 0 saturated heterocycles. The molecule has 0 saturated carbocycles. The molecule has 2 aliphatic heterocycles. The van der Waals surface area contributed by atoms with Gasteiger partial charge in [0, 0.05) is 35.1 Å². The van der Waals surface area contributed by atoms with Crippen molar-refractivity contribution in [2.24, 2.45) is 4.99 Å². The SMILES string of the molecule is N#Cc1ccc(CC2N=C3C(Br)=C(c4ccc(Cl)cc4)C=CN3N2[O-])nc1. The number of hydroxylamine groups is 1. The van der Waals surface area contributed by atoms with Crippen LogP contribution in [0.15, 0.2) is 64.3 Å². The van der Waals surface area contributed by atoms with Crippen LogP contribution in [-0.2, 0) is 6.42 Å². The molecule has 1 aromatic heterocycles. The molecule has 2 aromatic rings. The summed E-state index contributed by atoms with van der Waals surface area (Å²) in [5, 5.41) is 24.5. The van der Waals surface area contributed by atoms with Crippen LogP contribution in [0.25, 0.3) is 5.57 Å². The van der Waals surface area contributed by atoms with E-state index in [0.717, 1.165) is 20.8 Å². The Balaban J connectivity index is 1.62. The fourth-order valence-corrected chi connectivity index (χ4v) is 3.66. The third-order valence-corrected chi connectivity index (χ3v) is 5.31. The van der Waals surface area contributed by atoms with Crippen LogP contribution in [0.5, 0.6) is 0 Å². The summed E-state index contributed by atoms with van der Waals surface area (Å²) >= 11 is 9.54. The van der Waals surface area contributed by atoms with Gasteiger partial charge >= 0.3 is 0 Å². The fourth-order valence-electron chi connectivity index (χ4n) is 2.89. The number of halogens is 2. The molecule has 0 aliphatic carbocycles. The maximum absolute atomic E-state index is 12.6. The van der Waals surface area contributed by atoms with Crippen LogP contribution in [0.4, 0.5) is 0 Å². The van der Waals surface area contributed by atoms with E-state index in [1.807, 2.05) is 36.4 Å². The van der Waals surface area contributed by atoms with Gasteiger partial charge in [-0.15, -0.1) is 0 Å². The fraction of sp³-hybridized carbons (Fsp3) is 0.105. The summed E-state index contributed by atoms with van der Waals surface area (Å²) in [4.78, 5) is 8.80. The molecule has 0 amide bonds. The summed E-state index contributed by atoms with van der Waals surface area (Å²) in [6, 6.07) is 12.9. The van der Waals surface area contributed by atoms with E-state index in [2.05, 4.69) is 25.9 Å². The molecule has 0 fully saturated rings. The zero-order valence-corrected chi connectivity index (χ0v) is 16.2. The van der Waals surface area contributed by atoms with Crippen molar-refractivity contribution < 1.29 is 0 Å². The van der Waals surface area contributed by atoms with Crippen molar-refractivity contribution in [2.45, 2.75) is 12.6 Å². The highest BCUT2D eigenvalue weighted by Gasteiger charge is 2.31. The van der Waals surface area contributed by atoms with Crippen molar-refractivity contribution in [2.75, 3.05) is 0 Å². The molecule has 0 bridgehead atoms. The Bertz CT molecular complexity index is 1010. The first kappa shape index (κ1) is 17.9. The highest BCUT2D eigenvalue weighted by molar-refractivity contribution is 9.12. The van der Waals surface area contributed by atoms with Gasteiger partial charge in [-0.3, -0.25) is 15.2 Å². The van der Waals surface area contributed by atoms with Gasteiger partial charge in [0.25, 0.3) is 0 Å². The minimum atomic E-state index is -0.623. The summed E-state index contributed by atoms with van der Waals surface area (Å²) in [6.07, 6.45) is 4.78. The summed E-state index contributed by atoms with van der Waals surface area (Å²) < 4.78 is 0.739.